The van der Waals surface area contributed by atoms with E-state index in [1.54, 1.807) is 4.68 Å². The molecule has 4 nitrogen and oxygen atoms in total. The van der Waals surface area contributed by atoms with Crippen molar-refractivity contribution in [1.82, 2.24) is 15.0 Å². The number of aromatic nitrogens is 3. The molecule has 0 aliphatic rings. The molecule has 0 unspecified atom stereocenters. The summed E-state index contributed by atoms with van der Waals surface area (Å²) in [7, 11) is 0. The second kappa shape index (κ2) is 5.17. The van der Waals surface area contributed by atoms with Gasteiger partial charge in [-0.25, -0.2) is 0 Å². The molecule has 1 heterocycles. The van der Waals surface area contributed by atoms with Gasteiger partial charge < -0.3 is 5.73 Å². The summed E-state index contributed by atoms with van der Waals surface area (Å²) in [6.07, 6.45) is 1.02. The summed E-state index contributed by atoms with van der Waals surface area (Å²) >= 11 is 0. The van der Waals surface area contributed by atoms with Crippen LogP contribution >= 0.6 is 0 Å². The summed E-state index contributed by atoms with van der Waals surface area (Å²) in [5.74, 6) is 0.556. The first-order chi connectivity index (χ1) is 9.79. The van der Waals surface area contributed by atoms with Crippen LogP contribution in [0, 0.1) is 0 Å². The van der Waals surface area contributed by atoms with Gasteiger partial charge in [0.15, 0.2) is 5.82 Å². The van der Waals surface area contributed by atoms with Crippen LogP contribution in [0.3, 0.4) is 0 Å². The molecular formula is C16H16N4. The third-order valence-corrected chi connectivity index (χ3v) is 3.34. The molecule has 2 aromatic carbocycles. The summed E-state index contributed by atoms with van der Waals surface area (Å²) in [4.78, 5) is 0. The molecule has 20 heavy (non-hydrogen) atoms. The molecule has 0 aliphatic heterocycles. The Morgan fingerprint density at radius 3 is 2.35 bits per heavy atom. The molecule has 0 amide bonds. The van der Waals surface area contributed by atoms with Crippen LogP contribution in [0.4, 0.5) is 5.82 Å². The predicted octanol–water partition coefficient (Wildman–Crippen LogP) is 3.08. The highest BCUT2D eigenvalue weighted by Crippen LogP contribution is 2.25. The van der Waals surface area contributed by atoms with Crippen LogP contribution in [0.5, 0.6) is 0 Å². The van der Waals surface area contributed by atoms with Crippen molar-refractivity contribution in [2.75, 3.05) is 5.73 Å². The fourth-order valence-electron chi connectivity index (χ4n) is 2.15. The van der Waals surface area contributed by atoms with Crippen LogP contribution in [-0.4, -0.2) is 15.0 Å². The maximum atomic E-state index is 6.18. The number of para-hydroxylation sites is 1. The van der Waals surface area contributed by atoms with E-state index in [-0.39, 0.29) is 0 Å². The number of nitrogens with two attached hydrogens (primary N) is 1. The van der Waals surface area contributed by atoms with Crippen molar-refractivity contribution in [2.24, 2.45) is 0 Å². The Morgan fingerprint density at radius 1 is 1.00 bits per heavy atom. The Morgan fingerprint density at radius 2 is 1.70 bits per heavy atom. The van der Waals surface area contributed by atoms with Crippen molar-refractivity contribution in [3.05, 3.63) is 60.2 Å². The zero-order valence-electron chi connectivity index (χ0n) is 11.3. The van der Waals surface area contributed by atoms with Crippen molar-refractivity contribution in [1.29, 1.82) is 0 Å². The average molecular weight is 264 g/mol. The third-order valence-electron chi connectivity index (χ3n) is 3.34. The van der Waals surface area contributed by atoms with Crippen molar-refractivity contribution in [3.8, 4) is 16.9 Å². The molecule has 2 N–H and O–H groups in total. The van der Waals surface area contributed by atoms with E-state index in [9.17, 15) is 0 Å². The summed E-state index contributed by atoms with van der Waals surface area (Å²) in [5, 5.41) is 8.35. The Labute approximate surface area is 117 Å². The molecule has 1 aromatic heterocycles. The lowest BCUT2D eigenvalue weighted by Gasteiger charge is -2.03. The largest absolute Gasteiger partial charge is 0.382 e. The van der Waals surface area contributed by atoms with Gasteiger partial charge in [0.25, 0.3) is 0 Å². The third kappa shape index (κ3) is 2.16. The summed E-state index contributed by atoms with van der Waals surface area (Å²) in [6, 6.07) is 18.0. The predicted molar refractivity (Wildman–Crippen MR) is 80.6 cm³/mol. The number of benzene rings is 2. The highest BCUT2D eigenvalue weighted by Gasteiger charge is 2.12. The number of hydrogen-bond donors (Lipinski definition) is 1. The molecule has 0 spiro atoms. The lowest BCUT2D eigenvalue weighted by Crippen LogP contribution is -2.01. The number of anilines is 1. The maximum absolute atomic E-state index is 6.18. The van der Waals surface area contributed by atoms with Crippen LogP contribution in [0.25, 0.3) is 16.9 Å². The summed E-state index contributed by atoms with van der Waals surface area (Å²) < 4.78 is 1.66. The molecule has 100 valence electrons. The molecule has 0 atom stereocenters. The smallest absolute Gasteiger partial charge is 0.155 e. The molecule has 0 aliphatic carbocycles. The van der Waals surface area contributed by atoms with E-state index in [0.29, 0.717) is 5.82 Å². The van der Waals surface area contributed by atoms with Gasteiger partial charge in [0, 0.05) is 5.56 Å². The van der Waals surface area contributed by atoms with E-state index < -0.39 is 0 Å². The fraction of sp³-hybridized carbons (Fsp3) is 0.125. The molecule has 0 bridgehead atoms. The van der Waals surface area contributed by atoms with E-state index in [0.717, 1.165) is 23.4 Å². The van der Waals surface area contributed by atoms with Crippen LogP contribution < -0.4 is 5.73 Å². The number of rotatable bonds is 3. The highest BCUT2D eigenvalue weighted by molar-refractivity contribution is 5.71. The van der Waals surface area contributed by atoms with Crippen molar-refractivity contribution in [3.63, 3.8) is 0 Å². The van der Waals surface area contributed by atoms with E-state index in [1.165, 1.54) is 5.56 Å². The topological polar surface area (TPSA) is 56.7 Å². The minimum Gasteiger partial charge on any atom is -0.382 e. The zero-order chi connectivity index (χ0) is 13.9. The first-order valence-corrected chi connectivity index (χ1v) is 6.65. The second-order valence-corrected chi connectivity index (χ2v) is 4.62. The van der Waals surface area contributed by atoms with Gasteiger partial charge in [-0.15, -0.1) is 5.10 Å². The Balaban J connectivity index is 2.01. The highest BCUT2D eigenvalue weighted by atomic mass is 15.5. The Bertz CT molecular complexity index is 699. The minimum absolute atomic E-state index is 0.556. The molecule has 0 fully saturated rings. The van der Waals surface area contributed by atoms with Gasteiger partial charge in [0.05, 0.1) is 5.69 Å². The number of hydrogen-bond acceptors (Lipinski definition) is 3. The maximum Gasteiger partial charge on any atom is 0.155 e. The molecule has 0 saturated heterocycles. The summed E-state index contributed by atoms with van der Waals surface area (Å²) in [5.41, 5.74) is 10.1. The van der Waals surface area contributed by atoms with Crippen LogP contribution in [0.2, 0.25) is 0 Å². The number of nitrogens with zero attached hydrogens (tertiary/aromatic N) is 3. The van der Waals surface area contributed by atoms with Gasteiger partial charge in [-0.2, -0.15) is 4.68 Å². The van der Waals surface area contributed by atoms with E-state index in [1.807, 2.05) is 42.5 Å². The normalized spacial score (nSPS) is 10.7. The number of aryl methyl sites for hydroxylation is 1. The van der Waals surface area contributed by atoms with Gasteiger partial charge in [-0.1, -0.05) is 54.6 Å². The van der Waals surface area contributed by atoms with E-state index >= 15 is 0 Å². The van der Waals surface area contributed by atoms with E-state index in [2.05, 4.69) is 29.4 Å². The Kier molecular flexibility index (Phi) is 3.21. The standard InChI is InChI=1S/C16H16N4/c1-2-12-8-10-13(11-9-12)15-16(17)20(19-18-15)14-6-4-3-5-7-14/h3-11H,2,17H2,1H3. The summed E-state index contributed by atoms with van der Waals surface area (Å²) in [6.45, 7) is 2.13. The SMILES string of the molecule is CCc1ccc(-c2nnn(-c3ccccc3)c2N)cc1. The van der Waals surface area contributed by atoms with Crippen molar-refractivity contribution >= 4 is 5.82 Å². The van der Waals surface area contributed by atoms with Crippen LogP contribution in [0.1, 0.15) is 12.5 Å². The molecular weight excluding hydrogens is 248 g/mol. The average Bonchev–Trinajstić information content (AvgIpc) is 2.90. The van der Waals surface area contributed by atoms with Gasteiger partial charge in [0.1, 0.15) is 5.69 Å². The van der Waals surface area contributed by atoms with Gasteiger partial charge >= 0.3 is 0 Å². The lowest BCUT2D eigenvalue weighted by molar-refractivity contribution is 0.810. The fourth-order valence-corrected chi connectivity index (χ4v) is 2.15. The molecule has 0 radical (unpaired) electrons. The van der Waals surface area contributed by atoms with Crippen molar-refractivity contribution in [2.45, 2.75) is 13.3 Å². The molecule has 4 heteroatoms. The zero-order valence-corrected chi connectivity index (χ0v) is 11.3. The first kappa shape index (κ1) is 12.4. The number of nitrogen functional groups attached to an aromatic ring is 1. The van der Waals surface area contributed by atoms with Gasteiger partial charge in [0.2, 0.25) is 0 Å². The van der Waals surface area contributed by atoms with E-state index in [4.69, 9.17) is 5.73 Å². The first-order valence-electron chi connectivity index (χ1n) is 6.65. The second-order valence-electron chi connectivity index (χ2n) is 4.62. The van der Waals surface area contributed by atoms with Gasteiger partial charge in [-0.05, 0) is 24.1 Å². The van der Waals surface area contributed by atoms with Crippen LogP contribution in [-0.2, 0) is 6.42 Å². The molecule has 3 rings (SSSR count). The van der Waals surface area contributed by atoms with Crippen LogP contribution in [0.15, 0.2) is 54.6 Å². The quantitative estimate of drug-likeness (QED) is 0.791. The minimum atomic E-state index is 0.556. The van der Waals surface area contributed by atoms with Gasteiger partial charge in [-0.3, -0.25) is 0 Å². The van der Waals surface area contributed by atoms with Crippen molar-refractivity contribution < 1.29 is 0 Å². The monoisotopic (exact) mass is 264 g/mol. The molecule has 0 saturated carbocycles. The lowest BCUT2D eigenvalue weighted by atomic mass is 10.1. The Hall–Kier alpha value is -2.62. The molecule has 3 aromatic rings.